The molecule has 0 N–H and O–H groups in total. The summed E-state index contributed by atoms with van der Waals surface area (Å²) in [6.45, 7) is 1.89. The van der Waals surface area contributed by atoms with Crippen LogP contribution in [0.3, 0.4) is 0 Å². The van der Waals surface area contributed by atoms with Gasteiger partial charge >= 0.3 is 0 Å². The van der Waals surface area contributed by atoms with Crippen molar-refractivity contribution in [2.24, 2.45) is 0 Å². The number of carbonyl (C=O) groups is 2. The molecule has 0 atom stereocenters. The van der Waals surface area contributed by atoms with Crippen LogP contribution in [0.4, 0.5) is 0 Å². The number of aromatic nitrogens is 4. The Labute approximate surface area is 201 Å². The van der Waals surface area contributed by atoms with E-state index in [0.29, 0.717) is 43.9 Å². The molecule has 0 unspecified atom stereocenters. The summed E-state index contributed by atoms with van der Waals surface area (Å²) in [6, 6.07) is 13.5. The van der Waals surface area contributed by atoms with Crippen molar-refractivity contribution in [2.75, 3.05) is 13.6 Å². The van der Waals surface area contributed by atoms with Crippen molar-refractivity contribution < 1.29 is 9.59 Å². The first-order valence-corrected chi connectivity index (χ1v) is 12.0. The number of fused-ring (bicyclic) bond motifs is 1. The van der Waals surface area contributed by atoms with E-state index in [9.17, 15) is 9.59 Å². The average molecular weight is 473 g/mol. The first kappa shape index (κ1) is 22.0. The van der Waals surface area contributed by atoms with Gasteiger partial charge in [0.15, 0.2) is 5.69 Å². The van der Waals surface area contributed by atoms with Crippen molar-refractivity contribution in [1.82, 2.24) is 29.5 Å². The van der Waals surface area contributed by atoms with Gasteiger partial charge < -0.3 is 9.80 Å². The Morgan fingerprint density at radius 1 is 1.12 bits per heavy atom. The lowest BCUT2D eigenvalue weighted by Crippen LogP contribution is -2.37. The molecule has 172 valence electrons. The molecule has 1 aromatic carbocycles. The van der Waals surface area contributed by atoms with Crippen molar-refractivity contribution in [3.05, 3.63) is 99.5 Å². The second-order valence-corrected chi connectivity index (χ2v) is 8.99. The van der Waals surface area contributed by atoms with Crippen molar-refractivity contribution >= 4 is 23.2 Å². The monoisotopic (exact) mass is 472 g/mol. The van der Waals surface area contributed by atoms with Gasteiger partial charge in [0.2, 0.25) is 0 Å². The van der Waals surface area contributed by atoms with E-state index in [4.69, 9.17) is 5.10 Å². The molecule has 0 bridgehead atoms. The summed E-state index contributed by atoms with van der Waals surface area (Å²) in [7, 11) is 1.76. The Kier molecular flexibility index (Phi) is 6.18. The first-order chi connectivity index (χ1) is 16.6. The maximum Gasteiger partial charge on any atom is 0.274 e. The van der Waals surface area contributed by atoms with Gasteiger partial charge in [-0.1, -0.05) is 30.3 Å². The van der Waals surface area contributed by atoms with E-state index in [0.717, 1.165) is 22.5 Å². The van der Waals surface area contributed by atoms with Gasteiger partial charge in [-0.25, -0.2) is 4.98 Å². The third-order valence-corrected chi connectivity index (χ3v) is 6.59. The number of pyridine rings is 1. The third kappa shape index (κ3) is 4.47. The van der Waals surface area contributed by atoms with Gasteiger partial charge in [0.05, 0.1) is 30.8 Å². The number of carbonyl (C=O) groups excluding carboxylic acids is 2. The van der Waals surface area contributed by atoms with Crippen LogP contribution in [0, 0.1) is 0 Å². The maximum absolute atomic E-state index is 13.5. The van der Waals surface area contributed by atoms with E-state index in [2.05, 4.69) is 9.97 Å². The number of thiazole rings is 1. The summed E-state index contributed by atoms with van der Waals surface area (Å²) in [5.74, 6) is -0.243. The molecule has 0 radical (unpaired) electrons. The van der Waals surface area contributed by atoms with Crippen molar-refractivity contribution in [3.63, 3.8) is 0 Å². The van der Waals surface area contributed by atoms with Crippen molar-refractivity contribution in [3.8, 4) is 0 Å². The zero-order chi connectivity index (χ0) is 23.5. The molecule has 8 nitrogen and oxygen atoms in total. The smallest absolute Gasteiger partial charge is 0.274 e. The lowest BCUT2D eigenvalue weighted by Gasteiger charge is -2.28. The predicted octanol–water partition coefficient (Wildman–Crippen LogP) is 3.25. The van der Waals surface area contributed by atoms with E-state index < -0.39 is 0 Å². The molecule has 0 saturated heterocycles. The van der Waals surface area contributed by atoms with Gasteiger partial charge in [-0.3, -0.25) is 19.3 Å². The average Bonchev–Trinajstić information content (AvgIpc) is 3.52. The van der Waals surface area contributed by atoms with E-state index in [1.54, 1.807) is 46.9 Å². The Balaban J connectivity index is 1.46. The summed E-state index contributed by atoms with van der Waals surface area (Å²) < 4.78 is 1.92. The van der Waals surface area contributed by atoms with E-state index in [-0.39, 0.29) is 11.8 Å². The first-order valence-electron chi connectivity index (χ1n) is 11.0. The highest BCUT2D eigenvalue weighted by Crippen LogP contribution is 2.26. The van der Waals surface area contributed by atoms with E-state index in [1.807, 2.05) is 40.4 Å². The molecular weight excluding hydrogens is 448 g/mol. The van der Waals surface area contributed by atoms with Crippen LogP contribution in [0.25, 0.3) is 0 Å². The van der Waals surface area contributed by atoms with Gasteiger partial charge in [-0.2, -0.15) is 5.10 Å². The second-order valence-electron chi connectivity index (χ2n) is 8.27. The van der Waals surface area contributed by atoms with Crippen molar-refractivity contribution in [1.29, 1.82) is 0 Å². The van der Waals surface area contributed by atoms with Crippen LogP contribution in [0.2, 0.25) is 0 Å². The molecule has 0 aliphatic carbocycles. The Hall–Kier alpha value is -3.85. The number of nitrogens with zero attached hydrogens (tertiary/aromatic N) is 6. The molecule has 0 spiro atoms. The highest BCUT2D eigenvalue weighted by atomic mass is 32.1. The van der Waals surface area contributed by atoms with Gasteiger partial charge in [0.25, 0.3) is 11.8 Å². The molecule has 1 aliphatic rings. The summed E-state index contributed by atoms with van der Waals surface area (Å²) in [6.07, 6.45) is 3.86. The standard InChI is InChI=1S/C25H24N6O2S/c1-29(14-20-16-34-17-27-20)25(33)23-21-15-30(24(32)19-7-10-26-11-8-19)12-9-22(21)31(28-23)13-18-5-3-2-4-6-18/h2-8,10-11,16-17H,9,12-15H2,1H3. The molecule has 34 heavy (non-hydrogen) atoms. The fourth-order valence-corrected chi connectivity index (χ4v) is 4.76. The van der Waals surface area contributed by atoms with Gasteiger partial charge in [0.1, 0.15) is 0 Å². The molecule has 5 rings (SSSR count). The van der Waals surface area contributed by atoms with Crippen LogP contribution in [-0.2, 0) is 26.1 Å². The molecule has 4 heterocycles. The number of hydrogen-bond acceptors (Lipinski definition) is 6. The topological polar surface area (TPSA) is 84.2 Å². The van der Waals surface area contributed by atoms with Crippen LogP contribution in [0.5, 0.6) is 0 Å². The maximum atomic E-state index is 13.5. The highest BCUT2D eigenvalue weighted by molar-refractivity contribution is 7.07. The summed E-state index contributed by atoms with van der Waals surface area (Å²) in [5.41, 5.74) is 6.52. The third-order valence-electron chi connectivity index (χ3n) is 5.96. The van der Waals surface area contributed by atoms with Gasteiger partial charge in [-0.15, -0.1) is 11.3 Å². The lowest BCUT2D eigenvalue weighted by atomic mass is 10.0. The second kappa shape index (κ2) is 9.56. The largest absolute Gasteiger partial charge is 0.334 e. The minimum Gasteiger partial charge on any atom is -0.334 e. The molecule has 4 aromatic rings. The fourth-order valence-electron chi connectivity index (χ4n) is 4.21. The van der Waals surface area contributed by atoms with Crippen LogP contribution in [-0.4, -0.2) is 55.0 Å². The van der Waals surface area contributed by atoms with Crippen LogP contribution in [0.15, 0.2) is 65.7 Å². The molecule has 1 aliphatic heterocycles. The van der Waals surface area contributed by atoms with Crippen LogP contribution >= 0.6 is 11.3 Å². The SMILES string of the molecule is CN(Cc1cscn1)C(=O)c1nn(Cc2ccccc2)c2c1CN(C(=O)c1ccncc1)CC2. The number of hydrogen-bond donors (Lipinski definition) is 0. The Bertz CT molecular complexity index is 1290. The summed E-state index contributed by atoms with van der Waals surface area (Å²) in [5, 5.41) is 6.70. The zero-order valence-corrected chi connectivity index (χ0v) is 19.6. The molecule has 2 amide bonds. The molecule has 9 heteroatoms. The van der Waals surface area contributed by atoms with E-state index in [1.165, 1.54) is 11.3 Å². The summed E-state index contributed by atoms with van der Waals surface area (Å²) >= 11 is 1.50. The van der Waals surface area contributed by atoms with Gasteiger partial charge in [0, 0.05) is 54.6 Å². The Morgan fingerprint density at radius 3 is 2.65 bits per heavy atom. The zero-order valence-electron chi connectivity index (χ0n) is 18.8. The summed E-state index contributed by atoms with van der Waals surface area (Å²) in [4.78, 5) is 38.3. The minimum absolute atomic E-state index is 0.0712. The van der Waals surface area contributed by atoms with Crippen LogP contribution in [0.1, 0.15) is 43.4 Å². The number of rotatable bonds is 6. The van der Waals surface area contributed by atoms with Gasteiger partial charge in [-0.05, 0) is 17.7 Å². The fraction of sp³-hybridized carbons (Fsp3) is 0.240. The number of amides is 2. The van der Waals surface area contributed by atoms with E-state index >= 15 is 0 Å². The molecule has 0 saturated carbocycles. The molecule has 0 fully saturated rings. The molecule has 3 aromatic heterocycles. The van der Waals surface area contributed by atoms with Crippen molar-refractivity contribution in [2.45, 2.75) is 26.1 Å². The lowest BCUT2D eigenvalue weighted by molar-refractivity contribution is 0.0721. The normalized spacial score (nSPS) is 12.9. The Morgan fingerprint density at radius 2 is 1.91 bits per heavy atom. The quantitative estimate of drug-likeness (QED) is 0.430. The highest BCUT2D eigenvalue weighted by Gasteiger charge is 2.31. The number of benzene rings is 1. The minimum atomic E-state index is -0.172. The van der Waals surface area contributed by atoms with Crippen LogP contribution < -0.4 is 0 Å². The molecular formula is C25H24N6O2S. The predicted molar refractivity (Wildman–Crippen MR) is 128 cm³/mol.